The topological polar surface area (TPSA) is 211 Å². The summed E-state index contributed by atoms with van der Waals surface area (Å²) in [5.74, 6) is 3.21. The van der Waals surface area contributed by atoms with Crippen molar-refractivity contribution in [1.29, 1.82) is 0 Å². The summed E-state index contributed by atoms with van der Waals surface area (Å²) >= 11 is 0. The average Bonchev–Trinajstić information content (AvgIpc) is 4.19. The number of nitrogens with one attached hydrogen (secondary N) is 4. The molecule has 8 rings (SSSR count). The Kier molecular flexibility index (Phi) is 13.7. The molecule has 18 heteroatoms. The Morgan fingerprint density at radius 3 is 1.21 bits per heavy atom. The zero-order valence-corrected chi connectivity index (χ0v) is 38.7. The van der Waals surface area contributed by atoms with Crippen molar-refractivity contribution in [2.24, 2.45) is 11.8 Å². The molecule has 6 aromatic rings. The summed E-state index contributed by atoms with van der Waals surface area (Å²) in [7, 11) is 6.09. The van der Waals surface area contributed by atoms with Crippen molar-refractivity contribution in [2.75, 3.05) is 52.2 Å². The predicted octanol–water partition coefficient (Wildman–Crippen LogP) is 7.35. The molecule has 4 aromatic heterocycles. The lowest BCUT2D eigenvalue weighted by atomic mass is 10.0. The molecule has 0 radical (unpaired) electrons. The van der Waals surface area contributed by atoms with Gasteiger partial charge in [-0.25, -0.2) is 9.97 Å². The summed E-state index contributed by atoms with van der Waals surface area (Å²) in [6.45, 7) is 9.22. The summed E-state index contributed by atoms with van der Waals surface area (Å²) in [6.07, 6.45) is 7.01. The van der Waals surface area contributed by atoms with Gasteiger partial charge in [0.2, 0.25) is 47.2 Å². The van der Waals surface area contributed by atoms with E-state index in [0.717, 1.165) is 71.0 Å². The number of methoxy groups -OCH3 is 4. The van der Waals surface area contributed by atoms with Crippen LogP contribution >= 0.6 is 0 Å². The third-order valence-corrected chi connectivity index (χ3v) is 12.2. The van der Waals surface area contributed by atoms with E-state index < -0.39 is 12.1 Å². The van der Waals surface area contributed by atoms with Crippen LogP contribution in [0.25, 0.3) is 33.6 Å². The molecule has 2 aromatic carbocycles. The molecule has 2 aliphatic rings. The van der Waals surface area contributed by atoms with Crippen LogP contribution in [-0.4, -0.2) is 115 Å². The number of imidazole rings is 2. The SMILES string of the molecule is COc1cc(OC)nc(N[C@H](C(=O)N2CCC[C@H]2c2ncc(-c3ccc(-c4ccc(-c5cnc([C@@H]6CCCN6C(=O)[C@@H](Nc6nc(OC)cc(OC)n6)C(C)C)[nH]5)cc4)cc3)[nH]2)C(C)C)n1. The molecular formula is C48H58N12O6. The highest BCUT2D eigenvalue weighted by molar-refractivity contribution is 5.86. The summed E-state index contributed by atoms with van der Waals surface area (Å²) in [4.78, 5) is 66.2. The van der Waals surface area contributed by atoms with E-state index in [4.69, 9.17) is 28.9 Å². The van der Waals surface area contributed by atoms with Gasteiger partial charge < -0.3 is 49.3 Å². The number of anilines is 2. The maximum Gasteiger partial charge on any atom is 0.246 e. The lowest BCUT2D eigenvalue weighted by molar-refractivity contribution is -0.134. The molecule has 2 amide bonds. The van der Waals surface area contributed by atoms with Crippen LogP contribution in [0.4, 0.5) is 11.9 Å². The van der Waals surface area contributed by atoms with Gasteiger partial charge in [0, 0.05) is 13.1 Å². The molecule has 0 aliphatic carbocycles. The highest BCUT2D eigenvalue weighted by Gasteiger charge is 2.39. The number of nitrogens with zero attached hydrogens (tertiary/aromatic N) is 8. The number of carbonyl (C=O) groups excluding carboxylic acids is 2. The molecule has 2 aliphatic heterocycles. The maximum atomic E-state index is 14.1. The van der Waals surface area contributed by atoms with Crippen LogP contribution < -0.4 is 29.6 Å². The minimum absolute atomic E-state index is 0.0422. The Hall–Kier alpha value is -7.24. The largest absolute Gasteiger partial charge is 0.481 e. The number of hydrogen-bond acceptors (Lipinski definition) is 14. The Bertz CT molecular complexity index is 2390. The standard InChI is InChI=1S/C48H58N12O6/c1-27(2)41(57-47-53-37(63-5)23-38(54-47)64-6)45(61)59-21-9-11-35(59)43-49-25-33(51-43)31-17-13-29(14-18-31)30-15-19-32(20-16-30)34-26-50-44(52-34)36-12-10-22-60(36)46(62)42(28(3)4)58-48-55-39(65-7)24-40(56-48)66-8/h13-20,23-28,35-36,41-42H,9-12,21-22H2,1-8H3,(H,49,51)(H,50,52)(H,53,54,57)(H,55,56,58)/t35-,36-,41-,42-/m0/s1. The molecule has 2 fully saturated rings. The van der Waals surface area contributed by atoms with Crippen LogP contribution in [0.3, 0.4) is 0 Å². The highest BCUT2D eigenvalue weighted by atomic mass is 16.5. The molecule has 346 valence electrons. The molecule has 0 saturated carbocycles. The van der Waals surface area contributed by atoms with Crippen LogP contribution in [0.5, 0.6) is 23.5 Å². The van der Waals surface area contributed by atoms with Gasteiger partial charge in [-0.05, 0) is 59.8 Å². The molecule has 0 bridgehead atoms. The van der Waals surface area contributed by atoms with Gasteiger partial charge in [-0.3, -0.25) is 9.59 Å². The number of aromatic amines is 2. The van der Waals surface area contributed by atoms with Gasteiger partial charge in [0.05, 0.1) is 76.4 Å². The van der Waals surface area contributed by atoms with Crippen molar-refractivity contribution in [3.05, 3.63) is 84.7 Å². The van der Waals surface area contributed by atoms with Gasteiger partial charge >= 0.3 is 0 Å². The first-order valence-electron chi connectivity index (χ1n) is 22.4. The first kappa shape index (κ1) is 45.3. The number of ether oxygens (including phenoxy) is 4. The Morgan fingerprint density at radius 2 is 0.894 bits per heavy atom. The van der Waals surface area contributed by atoms with Gasteiger partial charge in [0.15, 0.2) is 0 Å². The predicted molar refractivity (Wildman–Crippen MR) is 249 cm³/mol. The third kappa shape index (κ3) is 9.72. The summed E-state index contributed by atoms with van der Waals surface area (Å²) in [5.41, 5.74) is 5.87. The average molecular weight is 899 g/mol. The Balaban J connectivity index is 0.909. The number of benzene rings is 2. The van der Waals surface area contributed by atoms with Gasteiger partial charge in [0.1, 0.15) is 23.7 Å². The van der Waals surface area contributed by atoms with Crippen LogP contribution in [0.1, 0.15) is 77.1 Å². The molecule has 66 heavy (non-hydrogen) atoms. The second-order valence-electron chi connectivity index (χ2n) is 17.2. The minimum atomic E-state index is -0.573. The van der Waals surface area contributed by atoms with E-state index in [0.29, 0.717) is 36.6 Å². The molecule has 2 saturated heterocycles. The Labute approximate surface area is 384 Å². The molecule has 4 N–H and O–H groups in total. The van der Waals surface area contributed by atoms with E-state index in [-0.39, 0.29) is 47.6 Å². The number of rotatable bonds is 17. The van der Waals surface area contributed by atoms with E-state index in [2.05, 4.69) is 89.1 Å². The van der Waals surface area contributed by atoms with E-state index in [1.807, 2.05) is 49.9 Å². The van der Waals surface area contributed by atoms with Crippen molar-refractivity contribution in [3.63, 3.8) is 0 Å². The van der Waals surface area contributed by atoms with Crippen molar-refractivity contribution in [3.8, 4) is 57.2 Å². The van der Waals surface area contributed by atoms with Gasteiger partial charge in [-0.2, -0.15) is 19.9 Å². The first-order valence-corrected chi connectivity index (χ1v) is 22.4. The lowest BCUT2D eigenvalue weighted by Gasteiger charge is -2.30. The number of H-pyrrole nitrogens is 2. The van der Waals surface area contributed by atoms with Gasteiger partial charge in [-0.1, -0.05) is 76.2 Å². The smallest absolute Gasteiger partial charge is 0.246 e. The number of hydrogen-bond donors (Lipinski definition) is 4. The second-order valence-corrected chi connectivity index (χ2v) is 17.2. The number of carbonyl (C=O) groups is 2. The van der Waals surface area contributed by atoms with E-state index in [1.54, 1.807) is 12.1 Å². The first-order chi connectivity index (χ1) is 32.0. The lowest BCUT2D eigenvalue weighted by Crippen LogP contribution is -2.45. The fraction of sp³-hybridized carbons (Fsp3) is 0.417. The Morgan fingerprint density at radius 1 is 0.561 bits per heavy atom. The van der Waals surface area contributed by atoms with Crippen LogP contribution in [0.2, 0.25) is 0 Å². The minimum Gasteiger partial charge on any atom is -0.481 e. The monoisotopic (exact) mass is 898 g/mol. The van der Waals surface area contributed by atoms with Gasteiger partial charge in [-0.15, -0.1) is 0 Å². The normalized spacial score (nSPS) is 16.9. The number of likely N-dealkylation sites (tertiary alicyclic amines) is 2. The fourth-order valence-corrected chi connectivity index (χ4v) is 8.64. The molecule has 18 nitrogen and oxygen atoms in total. The molecule has 0 unspecified atom stereocenters. The summed E-state index contributed by atoms with van der Waals surface area (Å²) in [5, 5.41) is 6.48. The molecule has 6 heterocycles. The summed E-state index contributed by atoms with van der Waals surface area (Å²) < 4.78 is 21.3. The van der Waals surface area contributed by atoms with Crippen molar-refractivity contribution in [1.82, 2.24) is 49.7 Å². The highest BCUT2D eigenvalue weighted by Crippen LogP contribution is 2.36. The van der Waals surface area contributed by atoms with Crippen molar-refractivity contribution in [2.45, 2.75) is 77.5 Å². The van der Waals surface area contributed by atoms with Crippen LogP contribution in [-0.2, 0) is 9.59 Å². The van der Waals surface area contributed by atoms with Crippen LogP contribution in [0, 0.1) is 11.8 Å². The number of aromatic nitrogens is 8. The number of amides is 2. The summed E-state index contributed by atoms with van der Waals surface area (Å²) in [6, 6.07) is 18.4. The zero-order chi connectivity index (χ0) is 46.5. The van der Waals surface area contributed by atoms with Crippen molar-refractivity contribution >= 4 is 23.7 Å². The van der Waals surface area contributed by atoms with Gasteiger partial charge in [0.25, 0.3) is 0 Å². The fourth-order valence-electron chi connectivity index (χ4n) is 8.64. The maximum absolute atomic E-state index is 14.1. The quantitative estimate of drug-likeness (QED) is 0.0706. The van der Waals surface area contributed by atoms with Crippen LogP contribution in [0.15, 0.2) is 73.1 Å². The van der Waals surface area contributed by atoms with E-state index in [1.165, 1.54) is 28.4 Å². The second kappa shape index (κ2) is 19.9. The van der Waals surface area contributed by atoms with Crippen molar-refractivity contribution < 1.29 is 28.5 Å². The molecule has 4 atom stereocenters. The third-order valence-electron chi connectivity index (χ3n) is 12.2. The zero-order valence-electron chi connectivity index (χ0n) is 38.7. The van der Waals surface area contributed by atoms with E-state index >= 15 is 0 Å². The molecular weight excluding hydrogens is 841 g/mol. The van der Waals surface area contributed by atoms with E-state index in [9.17, 15) is 9.59 Å². The molecule has 0 spiro atoms.